The molecule has 0 saturated carbocycles. The Morgan fingerprint density at radius 1 is 1.12 bits per heavy atom. The number of amides is 2. The molecule has 2 aromatic heterocycles. The van der Waals surface area contributed by atoms with Crippen LogP contribution in [0.15, 0.2) is 48.7 Å². The third-order valence-electron chi connectivity index (χ3n) is 5.11. The van der Waals surface area contributed by atoms with Gasteiger partial charge in [-0.2, -0.15) is 10.1 Å². The van der Waals surface area contributed by atoms with Crippen molar-refractivity contribution in [2.24, 2.45) is 0 Å². The molecule has 0 radical (unpaired) electrons. The normalized spacial score (nSPS) is 14.0. The van der Waals surface area contributed by atoms with E-state index in [1.54, 1.807) is 31.2 Å². The van der Waals surface area contributed by atoms with Crippen LogP contribution in [0.1, 0.15) is 27.6 Å². The maximum atomic E-state index is 13.8. The SMILES string of the molecule is CC(CN1C(=O)c2ccccc2C1=O)Nc1n[nH]c2nc(Oc3ccc(F)cc3F)ncc12. The molecular weight excluding hydrogens is 434 g/mol. The molecule has 0 spiro atoms. The van der Waals surface area contributed by atoms with Crippen LogP contribution in [0.3, 0.4) is 0 Å². The lowest BCUT2D eigenvalue weighted by Gasteiger charge is -2.20. The summed E-state index contributed by atoms with van der Waals surface area (Å²) in [5.41, 5.74) is 1.09. The van der Waals surface area contributed by atoms with Gasteiger partial charge < -0.3 is 10.1 Å². The molecule has 9 nitrogen and oxygen atoms in total. The number of nitrogens with one attached hydrogen (secondary N) is 2. The minimum absolute atomic E-state index is 0.132. The Kier molecular flexibility index (Phi) is 4.93. The molecule has 0 fully saturated rings. The number of rotatable bonds is 6. The highest BCUT2D eigenvalue weighted by Crippen LogP contribution is 2.26. The molecule has 0 saturated heterocycles. The lowest BCUT2D eigenvalue weighted by atomic mass is 10.1. The van der Waals surface area contributed by atoms with E-state index in [-0.39, 0.29) is 36.2 Å². The second-order valence-corrected chi connectivity index (χ2v) is 7.48. The number of H-pyrrole nitrogens is 1. The van der Waals surface area contributed by atoms with Gasteiger partial charge in [0.15, 0.2) is 23.0 Å². The van der Waals surface area contributed by atoms with Gasteiger partial charge >= 0.3 is 6.01 Å². The Hall–Kier alpha value is -4.41. The van der Waals surface area contributed by atoms with E-state index in [4.69, 9.17) is 4.74 Å². The first-order valence-electron chi connectivity index (χ1n) is 9.96. The van der Waals surface area contributed by atoms with Gasteiger partial charge in [0.05, 0.1) is 16.5 Å². The van der Waals surface area contributed by atoms with Gasteiger partial charge in [0, 0.05) is 24.8 Å². The molecule has 33 heavy (non-hydrogen) atoms. The fraction of sp³-hybridized carbons (Fsp3) is 0.136. The van der Waals surface area contributed by atoms with E-state index in [0.717, 1.165) is 12.1 Å². The minimum Gasteiger partial charge on any atom is -0.421 e. The van der Waals surface area contributed by atoms with Gasteiger partial charge in [-0.3, -0.25) is 19.6 Å². The Morgan fingerprint density at radius 3 is 2.55 bits per heavy atom. The smallest absolute Gasteiger partial charge is 0.324 e. The van der Waals surface area contributed by atoms with Crippen molar-refractivity contribution in [1.82, 2.24) is 25.1 Å². The Bertz CT molecular complexity index is 1370. The second-order valence-electron chi connectivity index (χ2n) is 7.48. The number of halogens is 2. The van der Waals surface area contributed by atoms with Crippen molar-refractivity contribution in [3.8, 4) is 11.8 Å². The summed E-state index contributed by atoms with van der Waals surface area (Å²) in [6.45, 7) is 1.94. The van der Waals surface area contributed by atoms with Crippen LogP contribution in [-0.2, 0) is 0 Å². The first-order valence-corrected chi connectivity index (χ1v) is 9.96. The zero-order valence-electron chi connectivity index (χ0n) is 17.2. The lowest BCUT2D eigenvalue weighted by molar-refractivity contribution is 0.0649. The van der Waals surface area contributed by atoms with Crippen molar-refractivity contribution in [1.29, 1.82) is 0 Å². The maximum Gasteiger partial charge on any atom is 0.324 e. The molecule has 2 amide bonds. The molecule has 2 N–H and O–H groups in total. The predicted molar refractivity (Wildman–Crippen MR) is 113 cm³/mol. The molecule has 0 bridgehead atoms. The van der Waals surface area contributed by atoms with E-state index >= 15 is 0 Å². The van der Waals surface area contributed by atoms with Crippen LogP contribution in [0.5, 0.6) is 11.8 Å². The first-order chi connectivity index (χ1) is 15.9. The number of fused-ring (bicyclic) bond motifs is 2. The van der Waals surface area contributed by atoms with Crippen LogP contribution < -0.4 is 10.1 Å². The molecular formula is C22H16F2N6O3. The van der Waals surface area contributed by atoms with Gasteiger partial charge in [0.25, 0.3) is 11.8 Å². The number of carbonyl (C=O) groups is 2. The van der Waals surface area contributed by atoms with E-state index in [9.17, 15) is 18.4 Å². The number of aromatic amines is 1. The second kappa shape index (κ2) is 7.93. The molecule has 1 aliphatic heterocycles. The standard InChI is InChI=1S/C22H16F2N6O3/c1-11(10-30-20(31)13-4-2-3-5-14(13)21(30)32)26-18-15-9-25-22(27-19(15)29-28-18)33-17-7-6-12(23)8-16(17)24/h2-9,11H,10H2,1H3,(H2,25,26,27,28,29). The molecule has 4 aromatic rings. The summed E-state index contributed by atoms with van der Waals surface area (Å²) < 4.78 is 32.2. The number of imide groups is 1. The number of hydrogen-bond acceptors (Lipinski definition) is 7. The van der Waals surface area contributed by atoms with Crippen molar-refractivity contribution in [2.45, 2.75) is 13.0 Å². The van der Waals surface area contributed by atoms with E-state index in [2.05, 4.69) is 25.5 Å². The Morgan fingerprint density at radius 2 is 1.85 bits per heavy atom. The average Bonchev–Trinajstić information content (AvgIpc) is 3.30. The van der Waals surface area contributed by atoms with Crippen molar-refractivity contribution >= 4 is 28.7 Å². The van der Waals surface area contributed by atoms with Crippen LogP contribution in [0.2, 0.25) is 0 Å². The molecule has 3 heterocycles. The summed E-state index contributed by atoms with van der Waals surface area (Å²) in [4.78, 5) is 34.5. The van der Waals surface area contributed by atoms with Gasteiger partial charge in [-0.15, -0.1) is 0 Å². The molecule has 166 valence electrons. The van der Waals surface area contributed by atoms with Crippen LogP contribution in [-0.4, -0.2) is 49.5 Å². The summed E-state index contributed by atoms with van der Waals surface area (Å²) in [7, 11) is 0. The number of hydrogen-bond donors (Lipinski definition) is 2. The number of nitrogens with zero attached hydrogens (tertiary/aromatic N) is 4. The summed E-state index contributed by atoms with van der Waals surface area (Å²) in [5.74, 6) is -2.09. The topological polar surface area (TPSA) is 113 Å². The van der Waals surface area contributed by atoms with Crippen LogP contribution in [0.4, 0.5) is 14.6 Å². The van der Waals surface area contributed by atoms with Gasteiger partial charge in [-0.25, -0.2) is 13.8 Å². The fourth-order valence-electron chi connectivity index (χ4n) is 3.57. The minimum atomic E-state index is -0.882. The van der Waals surface area contributed by atoms with Gasteiger partial charge in [-0.1, -0.05) is 12.1 Å². The monoisotopic (exact) mass is 450 g/mol. The molecule has 2 aromatic carbocycles. The molecule has 5 rings (SSSR count). The van der Waals surface area contributed by atoms with E-state index in [1.165, 1.54) is 11.1 Å². The lowest BCUT2D eigenvalue weighted by Crippen LogP contribution is -2.38. The molecule has 0 aliphatic carbocycles. The number of benzene rings is 2. The molecule has 11 heteroatoms. The van der Waals surface area contributed by atoms with E-state index in [1.807, 2.05) is 0 Å². The van der Waals surface area contributed by atoms with Crippen molar-refractivity contribution in [2.75, 3.05) is 11.9 Å². The van der Waals surface area contributed by atoms with Crippen molar-refractivity contribution in [3.63, 3.8) is 0 Å². The van der Waals surface area contributed by atoms with Gasteiger partial charge in [-0.05, 0) is 31.2 Å². The highest BCUT2D eigenvalue weighted by molar-refractivity contribution is 6.21. The summed E-state index contributed by atoms with van der Waals surface area (Å²) >= 11 is 0. The Labute approximate surface area is 185 Å². The van der Waals surface area contributed by atoms with Gasteiger partial charge in [0.1, 0.15) is 5.82 Å². The third kappa shape index (κ3) is 3.73. The maximum absolute atomic E-state index is 13.8. The number of aromatic nitrogens is 4. The first kappa shape index (κ1) is 20.5. The number of carbonyl (C=O) groups excluding carboxylic acids is 2. The Balaban J connectivity index is 1.30. The number of anilines is 1. The molecule has 1 atom stereocenters. The number of ether oxygens (including phenoxy) is 1. The average molecular weight is 450 g/mol. The van der Waals surface area contributed by atoms with E-state index in [0.29, 0.717) is 34.0 Å². The highest BCUT2D eigenvalue weighted by Gasteiger charge is 2.35. The van der Waals surface area contributed by atoms with Crippen molar-refractivity contribution in [3.05, 3.63) is 71.4 Å². The fourth-order valence-corrected chi connectivity index (χ4v) is 3.57. The van der Waals surface area contributed by atoms with Gasteiger partial charge in [0.2, 0.25) is 0 Å². The highest BCUT2D eigenvalue weighted by atomic mass is 19.1. The van der Waals surface area contributed by atoms with Crippen LogP contribution in [0.25, 0.3) is 11.0 Å². The quantitative estimate of drug-likeness (QED) is 0.432. The van der Waals surface area contributed by atoms with Crippen LogP contribution >= 0.6 is 0 Å². The summed E-state index contributed by atoms with van der Waals surface area (Å²) in [6.07, 6.45) is 1.43. The largest absolute Gasteiger partial charge is 0.421 e. The third-order valence-corrected chi connectivity index (χ3v) is 5.11. The molecule has 1 aliphatic rings. The zero-order valence-corrected chi connectivity index (χ0v) is 17.2. The summed E-state index contributed by atoms with van der Waals surface area (Å²) in [5, 5.41) is 10.5. The zero-order chi connectivity index (χ0) is 23.1. The van der Waals surface area contributed by atoms with Crippen LogP contribution in [0, 0.1) is 11.6 Å². The summed E-state index contributed by atoms with van der Waals surface area (Å²) in [6, 6.07) is 9.10. The van der Waals surface area contributed by atoms with E-state index < -0.39 is 11.6 Å². The molecule has 1 unspecified atom stereocenters. The van der Waals surface area contributed by atoms with Crippen molar-refractivity contribution < 1.29 is 23.1 Å². The predicted octanol–water partition coefficient (Wildman–Crippen LogP) is 3.52.